The molecule has 0 spiro atoms. The van der Waals surface area contributed by atoms with Crippen molar-refractivity contribution in [3.05, 3.63) is 58.6 Å². The van der Waals surface area contributed by atoms with Crippen molar-refractivity contribution in [2.75, 3.05) is 25.5 Å². The van der Waals surface area contributed by atoms with E-state index >= 15 is 0 Å². The molecule has 2 amide bonds. The molecule has 0 saturated heterocycles. The number of rotatable bonds is 7. The Labute approximate surface area is 166 Å². The van der Waals surface area contributed by atoms with E-state index in [2.05, 4.69) is 27.3 Å². The number of nitriles is 1. The van der Waals surface area contributed by atoms with Gasteiger partial charge in [-0.1, -0.05) is 28.1 Å². The van der Waals surface area contributed by atoms with Crippen LogP contribution in [0.25, 0.3) is 0 Å². The number of para-hydroxylation sites is 1. The van der Waals surface area contributed by atoms with E-state index in [9.17, 15) is 9.59 Å². The van der Waals surface area contributed by atoms with Crippen LogP contribution in [0.2, 0.25) is 0 Å². The Kier molecular flexibility index (Phi) is 7.38. The molecule has 0 bridgehead atoms. The first-order valence-corrected chi connectivity index (χ1v) is 9.12. The predicted octanol–water partition coefficient (Wildman–Crippen LogP) is 3.70. The number of nitrogens with zero attached hydrogens (tertiary/aromatic N) is 2. The van der Waals surface area contributed by atoms with Crippen LogP contribution in [0.5, 0.6) is 5.75 Å². The smallest absolute Gasteiger partial charge is 0.262 e. The van der Waals surface area contributed by atoms with Gasteiger partial charge in [-0.2, -0.15) is 5.26 Å². The van der Waals surface area contributed by atoms with Gasteiger partial charge in [-0.15, -0.1) is 0 Å². The Hall–Kier alpha value is -2.85. The molecule has 2 aromatic carbocycles. The average Bonchev–Trinajstić information content (AvgIpc) is 2.67. The normalized spacial score (nSPS) is 11.2. The quantitative estimate of drug-likeness (QED) is 0.726. The first-order chi connectivity index (χ1) is 12.9. The molecule has 6 nitrogen and oxygen atoms in total. The van der Waals surface area contributed by atoms with Crippen LogP contribution >= 0.6 is 15.9 Å². The summed E-state index contributed by atoms with van der Waals surface area (Å²) >= 11 is 3.33. The Morgan fingerprint density at radius 1 is 1.22 bits per heavy atom. The number of carbonyl (C=O) groups is 2. The number of benzene rings is 2. The van der Waals surface area contributed by atoms with Crippen LogP contribution in [-0.4, -0.2) is 36.9 Å². The molecule has 2 rings (SSSR count). The van der Waals surface area contributed by atoms with Crippen LogP contribution in [0.3, 0.4) is 0 Å². The van der Waals surface area contributed by atoms with Gasteiger partial charge in [0.15, 0.2) is 6.61 Å². The molecule has 0 radical (unpaired) electrons. The lowest BCUT2D eigenvalue weighted by Gasteiger charge is -2.20. The van der Waals surface area contributed by atoms with Crippen LogP contribution in [0.1, 0.15) is 17.3 Å². The van der Waals surface area contributed by atoms with E-state index in [0.29, 0.717) is 23.5 Å². The second kappa shape index (κ2) is 9.74. The summed E-state index contributed by atoms with van der Waals surface area (Å²) in [6.45, 7) is 1.84. The van der Waals surface area contributed by atoms with Crippen molar-refractivity contribution in [3.8, 4) is 11.8 Å². The third kappa shape index (κ3) is 6.12. The molecular weight excluding hydrogens is 410 g/mol. The molecule has 1 N–H and O–H groups in total. The lowest BCUT2D eigenvalue weighted by atomic mass is 10.1. The van der Waals surface area contributed by atoms with E-state index in [1.54, 1.807) is 50.4 Å². The number of halogens is 1. The molecule has 0 aliphatic heterocycles. The van der Waals surface area contributed by atoms with Crippen LogP contribution in [0, 0.1) is 17.2 Å². The third-order valence-electron chi connectivity index (χ3n) is 3.72. The Bertz CT molecular complexity index is 846. The van der Waals surface area contributed by atoms with Gasteiger partial charge in [0.2, 0.25) is 0 Å². The minimum Gasteiger partial charge on any atom is -0.483 e. The van der Waals surface area contributed by atoms with Gasteiger partial charge in [0.1, 0.15) is 5.75 Å². The van der Waals surface area contributed by atoms with E-state index in [-0.39, 0.29) is 24.3 Å². The van der Waals surface area contributed by atoms with E-state index < -0.39 is 0 Å². The van der Waals surface area contributed by atoms with Gasteiger partial charge in [0.25, 0.3) is 11.8 Å². The van der Waals surface area contributed by atoms with Crippen LogP contribution in [-0.2, 0) is 4.79 Å². The zero-order valence-corrected chi connectivity index (χ0v) is 16.7. The molecule has 0 heterocycles. The van der Waals surface area contributed by atoms with Crippen molar-refractivity contribution in [3.63, 3.8) is 0 Å². The molecule has 7 heteroatoms. The molecular formula is C20H20BrN3O3. The molecule has 0 aliphatic carbocycles. The highest BCUT2D eigenvalue weighted by atomic mass is 79.9. The predicted molar refractivity (Wildman–Crippen MR) is 106 cm³/mol. The molecule has 0 saturated carbocycles. The number of hydrogen-bond acceptors (Lipinski definition) is 4. The SMILES string of the molecule is C[C@H](C#N)CN(C)C(=O)c1ccccc1OCC(=O)Nc1ccc(Br)cc1. The first kappa shape index (κ1) is 20.5. The summed E-state index contributed by atoms with van der Waals surface area (Å²) in [5.74, 6) is -0.541. The van der Waals surface area contributed by atoms with E-state index in [1.165, 1.54) is 4.90 Å². The molecule has 0 fully saturated rings. The van der Waals surface area contributed by atoms with E-state index in [0.717, 1.165) is 4.47 Å². The van der Waals surface area contributed by atoms with E-state index in [4.69, 9.17) is 10.00 Å². The highest BCUT2D eigenvalue weighted by Gasteiger charge is 2.18. The molecule has 140 valence electrons. The van der Waals surface area contributed by atoms with Gasteiger partial charge >= 0.3 is 0 Å². The molecule has 1 atom stereocenters. The van der Waals surface area contributed by atoms with Gasteiger partial charge in [0, 0.05) is 23.8 Å². The largest absolute Gasteiger partial charge is 0.483 e. The number of ether oxygens (including phenoxy) is 1. The number of amides is 2. The maximum atomic E-state index is 12.6. The summed E-state index contributed by atoms with van der Waals surface area (Å²) in [5.41, 5.74) is 1.00. The Morgan fingerprint density at radius 3 is 2.56 bits per heavy atom. The summed E-state index contributed by atoms with van der Waals surface area (Å²) in [4.78, 5) is 26.2. The lowest BCUT2D eigenvalue weighted by Crippen LogP contribution is -2.31. The van der Waals surface area contributed by atoms with Crippen molar-refractivity contribution < 1.29 is 14.3 Å². The van der Waals surface area contributed by atoms with Crippen molar-refractivity contribution in [2.24, 2.45) is 5.92 Å². The second-order valence-electron chi connectivity index (χ2n) is 6.06. The van der Waals surface area contributed by atoms with Gasteiger partial charge in [-0.25, -0.2) is 0 Å². The summed E-state index contributed by atoms with van der Waals surface area (Å²) in [6, 6.07) is 16.0. The second-order valence-corrected chi connectivity index (χ2v) is 6.97. The molecule has 0 unspecified atom stereocenters. The maximum Gasteiger partial charge on any atom is 0.262 e. The minimum atomic E-state index is -0.328. The number of anilines is 1. The zero-order valence-electron chi connectivity index (χ0n) is 15.1. The third-order valence-corrected chi connectivity index (χ3v) is 4.25. The Morgan fingerprint density at radius 2 is 1.89 bits per heavy atom. The standard InChI is InChI=1S/C20H20BrN3O3/c1-14(11-22)12-24(2)20(26)17-5-3-4-6-18(17)27-13-19(25)23-16-9-7-15(21)8-10-16/h3-10,14H,12-13H2,1-2H3,(H,23,25)/t14-/m1/s1. The van der Waals surface area contributed by atoms with Crippen molar-refractivity contribution in [1.29, 1.82) is 5.26 Å². The number of nitrogens with one attached hydrogen (secondary N) is 1. The highest BCUT2D eigenvalue weighted by molar-refractivity contribution is 9.10. The van der Waals surface area contributed by atoms with Gasteiger partial charge in [-0.05, 0) is 43.3 Å². The van der Waals surface area contributed by atoms with Gasteiger partial charge < -0.3 is 15.0 Å². The van der Waals surface area contributed by atoms with Crippen molar-refractivity contribution in [2.45, 2.75) is 6.92 Å². The monoisotopic (exact) mass is 429 g/mol. The molecule has 0 aliphatic rings. The van der Waals surface area contributed by atoms with Gasteiger partial charge in [-0.3, -0.25) is 9.59 Å². The summed E-state index contributed by atoms with van der Waals surface area (Å²) < 4.78 is 6.48. The molecule has 0 aromatic heterocycles. The Balaban J connectivity index is 2.00. The fraction of sp³-hybridized carbons (Fsp3) is 0.250. The van der Waals surface area contributed by atoms with Crippen LogP contribution in [0.15, 0.2) is 53.0 Å². The number of carbonyl (C=O) groups excluding carboxylic acids is 2. The summed E-state index contributed by atoms with van der Waals surface area (Å²) in [7, 11) is 1.63. The lowest BCUT2D eigenvalue weighted by molar-refractivity contribution is -0.118. The molecule has 27 heavy (non-hydrogen) atoms. The fourth-order valence-electron chi connectivity index (χ4n) is 2.38. The maximum absolute atomic E-state index is 12.6. The first-order valence-electron chi connectivity index (χ1n) is 8.33. The fourth-order valence-corrected chi connectivity index (χ4v) is 2.65. The zero-order chi connectivity index (χ0) is 19.8. The van der Waals surface area contributed by atoms with E-state index in [1.807, 2.05) is 12.1 Å². The minimum absolute atomic E-state index is 0.224. The summed E-state index contributed by atoms with van der Waals surface area (Å²) in [5, 5.41) is 11.6. The van der Waals surface area contributed by atoms with Gasteiger partial charge in [0.05, 0.1) is 17.6 Å². The van der Waals surface area contributed by atoms with Crippen LogP contribution in [0.4, 0.5) is 5.69 Å². The highest BCUT2D eigenvalue weighted by Crippen LogP contribution is 2.20. The van der Waals surface area contributed by atoms with Crippen LogP contribution < -0.4 is 10.1 Å². The van der Waals surface area contributed by atoms with Crippen molar-refractivity contribution in [1.82, 2.24) is 4.90 Å². The number of hydrogen-bond donors (Lipinski definition) is 1. The van der Waals surface area contributed by atoms with Crippen molar-refractivity contribution >= 4 is 33.4 Å². The summed E-state index contributed by atoms with van der Waals surface area (Å²) in [6.07, 6.45) is 0. The molecule has 2 aromatic rings. The topological polar surface area (TPSA) is 82.4 Å². The average molecular weight is 430 g/mol.